The summed E-state index contributed by atoms with van der Waals surface area (Å²) in [6.45, 7) is 2.29. The predicted molar refractivity (Wildman–Crippen MR) is 51.5 cm³/mol. The van der Waals surface area contributed by atoms with Gasteiger partial charge in [-0.3, -0.25) is 4.99 Å². The first-order valence-corrected chi connectivity index (χ1v) is 5.36. The van der Waals surface area contributed by atoms with Gasteiger partial charge in [-0.2, -0.15) is 0 Å². The van der Waals surface area contributed by atoms with Crippen molar-refractivity contribution in [3.63, 3.8) is 0 Å². The molecule has 1 aliphatic heterocycles. The average molecular weight is 216 g/mol. The number of halogens is 1. The molecule has 1 fully saturated rings. The van der Waals surface area contributed by atoms with Gasteiger partial charge in [-0.25, -0.2) is 0 Å². The predicted octanol–water partition coefficient (Wildman–Crippen LogP) is 2.64. The van der Waals surface area contributed by atoms with Gasteiger partial charge < -0.3 is 0 Å². The molecule has 4 unspecified atom stereocenters. The molecular formula is C9H14BrN. The first kappa shape index (κ1) is 7.78. The van der Waals surface area contributed by atoms with Crippen LogP contribution >= 0.6 is 15.9 Å². The Balaban J connectivity index is 2.06. The molecule has 0 amide bonds. The molecule has 0 saturated heterocycles. The maximum Gasteiger partial charge on any atom is 0.0530 e. The van der Waals surface area contributed by atoms with Crippen LogP contribution < -0.4 is 0 Å². The van der Waals surface area contributed by atoms with Crippen molar-refractivity contribution in [1.82, 2.24) is 0 Å². The zero-order valence-corrected chi connectivity index (χ0v) is 8.42. The number of nitrogens with zero attached hydrogens (tertiary/aromatic N) is 1. The lowest BCUT2D eigenvalue weighted by Crippen LogP contribution is -2.28. The summed E-state index contributed by atoms with van der Waals surface area (Å²) in [5.41, 5.74) is 0. The van der Waals surface area contributed by atoms with E-state index >= 15 is 0 Å². The van der Waals surface area contributed by atoms with Crippen LogP contribution in [0, 0.1) is 11.8 Å². The summed E-state index contributed by atoms with van der Waals surface area (Å²) < 4.78 is 0. The first-order valence-electron chi connectivity index (χ1n) is 4.44. The minimum atomic E-state index is 0.666. The molecule has 0 spiro atoms. The van der Waals surface area contributed by atoms with Gasteiger partial charge in [0.05, 0.1) is 6.04 Å². The van der Waals surface area contributed by atoms with Crippen LogP contribution in [0.5, 0.6) is 0 Å². The van der Waals surface area contributed by atoms with Crippen molar-refractivity contribution in [1.29, 1.82) is 0 Å². The van der Waals surface area contributed by atoms with E-state index in [1.165, 1.54) is 19.3 Å². The first-order chi connectivity index (χ1) is 5.27. The molecule has 2 rings (SSSR count). The SMILES string of the molecule is CC1C=NC2CCC(Br)CC12. The van der Waals surface area contributed by atoms with Crippen molar-refractivity contribution < 1.29 is 0 Å². The van der Waals surface area contributed by atoms with E-state index in [0.717, 1.165) is 16.7 Å². The summed E-state index contributed by atoms with van der Waals surface area (Å²) in [5.74, 6) is 1.56. The Hall–Kier alpha value is 0.150. The molecule has 1 heterocycles. The van der Waals surface area contributed by atoms with Crippen molar-refractivity contribution in [3.8, 4) is 0 Å². The molecule has 1 nitrogen and oxygen atoms in total. The Morgan fingerprint density at radius 1 is 1.45 bits per heavy atom. The number of rotatable bonds is 0. The zero-order valence-electron chi connectivity index (χ0n) is 6.83. The molecule has 0 aromatic heterocycles. The van der Waals surface area contributed by atoms with Crippen LogP contribution in [0.15, 0.2) is 4.99 Å². The second-order valence-electron chi connectivity index (χ2n) is 3.80. The minimum Gasteiger partial charge on any atom is -0.294 e. The third-order valence-corrected chi connectivity index (χ3v) is 3.82. The number of alkyl halides is 1. The summed E-state index contributed by atoms with van der Waals surface area (Å²) in [5, 5.41) is 0. The van der Waals surface area contributed by atoms with Gasteiger partial charge in [0.2, 0.25) is 0 Å². The quantitative estimate of drug-likeness (QED) is 0.552. The van der Waals surface area contributed by atoms with E-state index in [0.29, 0.717) is 6.04 Å². The molecule has 11 heavy (non-hydrogen) atoms. The van der Waals surface area contributed by atoms with Crippen molar-refractivity contribution >= 4 is 22.1 Å². The van der Waals surface area contributed by atoms with E-state index in [1.54, 1.807) is 0 Å². The number of aliphatic imine (C=N–C) groups is 1. The monoisotopic (exact) mass is 215 g/mol. The molecule has 0 bridgehead atoms. The minimum absolute atomic E-state index is 0.666. The van der Waals surface area contributed by atoms with Crippen molar-refractivity contribution in [3.05, 3.63) is 0 Å². The summed E-state index contributed by atoms with van der Waals surface area (Å²) in [6.07, 6.45) is 6.08. The Morgan fingerprint density at radius 2 is 2.27 bits per heavy atom. The van der Waals surface area contributed by atoms with E-state index in [1.807, 2.05) is 0 Å². The van der Waals surface area contributed by atoms with Gasteiger partial charge in [0.25, 0.3) is 0 Å². The molecule has 0 aromatic carbocycles. The summed E-state index contributed by atoms with van der Waals surface area (Å²) in [4.78, 5) is 5.28. The standard InChI is InChI=1S/C9H14BrN/c1-6-5-11-9-3-2-7(10)4-8(6)9/h5-9H,2-4H2,1H3. The fraction of sp³-hybridized carbons (Fsp3) is 0.889. The van der Waals surface area contributed by atoms with Gasteiger partial charge in [-0.1, -0.05) is 22.9 Å². The maximum absolute atomic E-state index is 4.53. The van der Waals surface area contributed by atoms with Crippen LogP contribution in [0.3, 0.4) is 0 Å². The molecule has 62 valence electrons. The highest BCUT2D eigenvalue weighted by atomic mass is 79.9. The van der Waals surface area contributed by atoms with Crippen LogP contribution in [0.25, 0.3) is 0 Å². The Labute approximate surface area is 76.4 Å². The normalized spacial score (nSPS) is 49.3. The van der Waals surface area contributed by atoms with Gasteiger partial charge in [-0.05, 0) is 31.1 Å². The molecule has 1 aliphatic carbocycles. The average Bonchev–Trinajstić information content (AvgIpc) is 2.33. The molecule has 0 aromatic rings. The van der Waals surface area contributed by atoms with Gasteiger partial charge in [-0.15, -0.1) is 0 Å². The van der Waals surface area contributed by atoms with Gasteiger partial charge in [0, 0.05) is 11.0 Å². The summed E-state index contributed by atoms with van der Waals surface area (Å²) >= 11 is 3.70. The molecule has 4 atom stereocenters. The highest BCUT2D eigenvalue weighted by molar-refractivity contribution is 9.09. The van der Waals surface area contributed by atoms with Gasteiger partial charge in [0.15, 0.2) is 0 Å². The van der Waals surface area contributed by atoms with Crippen LogP contribution in [-0.4, -0.2) is 17.1 Å². The highest BCUT2D eigenvalue weighted by Gasteiger charge is 2.35. The lowest BCUT2D eigenvalue weighted by atomic mass is 9.80. The fourth-order valence-corrected chi connectivity index (χ4v) is 2.94. The number of fused-ring (bicyclic) bond motifs is 1. The van der Waals surface area contributed by atoms with E-state index in [2.05, 4.69) is 34.1 Å². The van der Waals surface area contributed by atoms with Crippen molar-refractivity contribution in [2.75, 3.05) is 0 Å². The third-order valence-electron chi connectivity index (χ3n) is 2.99. The summed E-state index contributed by atoms with van der Waals surface area (Å²) in [6, 6.07) is 0.666. The molecule has 2 aliphatic rings. The molecule has 2 heteroatoms. The van der Waals surface area contributed by atoms with E-state index < -0.39 is 0 Å². The Kier molecular flexibility index (Phi) is 2.04. The third kappa shape index (κ3) is 1.37. The molecule has 0 N–H and O–H groups in total. The van der Waals surface area contributed by atoms with Crippen LogP contribution in [0.4, 0.5) is 0 Å². The second-order valence-corrected chi connectivity index (χ2v) is 5.09. The number of hydrogen-bond donors (Lipinski definition) is 0. The molecule has 1 saturated carbocycles. The van der Waals surface area contributed by atoms with Crippen LogP contribution in [-0.2, 0) is 0 Å². The maximum atomic E-state index is 4.53. The summed E-state index contributed by atoms with van der Waals surface area (Å²) in [7, 11) is 0. The lowest BCUT2D eigenvalue weighted by Gasteiger charge is -2.29. The van der Waals surface area contributed by atoms with E-state index in [4.69, 9.17) is 0 Å². The Bertz CT molecular complexity index is 178. The van der Waals surface area contributed by atoms with E-state index in [9.17, 15) is 0 Å². The topological polar surface area (TPSA) is 12.4 Å². The largest absolute Gasteiger partial charge is 0.294 e. The lowest BCUT2D eigenvalue weighted by molar-refractivity contribution is 0.303. The van der Waals surface area contributed by atoms with Crippen LogP contribution in [0.1, 0.15) is 26.2 Å². The van der Waals surface area contributed by atoms with Crippen molar-refractivity contribution in [2.45, 2.75) is 37.1 Å². The van der Waals surface area contributed by atoms with Crippen molar-refractivity contribution in [2.24, 2.45) is 16.8 Å². The molecular weight excluding hydrogens is 202 g/mol. The second kappa shape index (κ2) is 2.89. The van der Waals surface area contributed by atoms with E-state index in [-0.39, 0.29) is 0 Å². The van der Waals surface area contributed by atoms with Gasteiger partial charge in [0.1, 0.15) is 0 Å². The number of hydrogen-bond acceptors (Lipinski definition) is 1. The smallest absolute Gasteiger partial charge is 0.0530 e. The highest BCUT2D eigenvalue weighted by Crippen LogP contribution is 2.38. The zero-order chi connectivity index (χ0) is 7.84. The van der Waals surface area contributed by atoms with Crippen LogP contribution in [0.2, 0.25) is 0 Å². The fourth-order valence-electron chi connectivity index (χ4n) is 2.24. The Morgan fingerprint density at radius 3 is 3.09 bits per heavy atom. The van der Waals surface area contributed by atoms with Gasteiger partial charge >= 0.3 is 0 Å². The molecule has 0 radical (unpaired) electrons.